The van der Waals surface area contributed by atoms with Gasteiger partial charge in [-0.15, -0.1) is 0 Å². The fraction of sp³-hybridized carbons (Fsp3) is 0.333. The summed E-state index contributed by atoms with van der Waals surface area (Å²) in [5.41, 5.74) is 7.14. The largest absolute Gasteiger partial charge is 0.351 e. The Morgan fingerprint density at radius 1 is 1.64 bits per heavy atom. The molecule has 2 amide bonds. The van der Waals surface area contributed by atoms with E-state index in [2.05, 4.69) is 15.5 Å². The third-order valence-corrected chi connectivity index (χ3v) is 1.38. The van der Waals surface area contributed by atoms with Gasteiger partial charge >= 0.3 is 6.03 Å². The number of urea groups is 1. The molecule has 0 atom stereocenters. The number of nitrogens with zero attached hydrogens (tertiary/aromatic N) is 1. The summed E-state index contributed by atoms with van der Waals surface area (Å²) in [7, 11) is 0. The highest BCUT2D eigenvalue weighted by Crippen LogP contribution is 2.14. The molecule has 0 aliphatic heterocycles. The lowest BCUT2D eigenvalue weighted by molar-refractivity contribution is 0.259. The maximum absolute atomic E-state index is 10.4. The maximum atomic E-state index is 10.4. The van der Waals surface area contributed by atoms with Crippen molar-refractivity contribution in [2.45, 2.75) is 13.8 Å². The number of carbonyl (C=O) groups excluding carboxylic acids is 1. The van der Waals surface area contributed by atoms with Crippen LogP contribution in [0.5, 0.6) is 0 Å². The number of nitrogens with two attached hydrogens (primary N) is 1. The third-order valence-electron chi connectivity index (χ3n) is 1.38. The molecule has 5 heteroatoms. The van der Waals surface area contributed by atoms with Crippen LogP contribution < -0.4 is 11.1 Å². The van der Waals surface area contributed by atoms with E-state index in [1.807, 2.05) is 6.92 Å². The summed E-state index contributed by atoms with van der Waals surface area (Å²) < 4.78 is 0. The average molecular weight is 154 g/mol. The van der Waals surface area contributed by atoms with Gasteiger partial charge in [0.15, 0.2) is 0 Å². The fourth-order valence-corrected chi connectivity index (χ4v) is 0.858. The first kappa shape index (κ1) is 7.59. The van der Waals surface area contributed by atoms with Crippen LogP contribution in [0.1, 0.15) is 11.4 Å². The summed E-state index contributed by atoms with van der Waals surface area (Å²) in [5, 5.41) is 9.06. The first-order valence-electron chi connectivity index (χ1n) is 3.19. The SMILES string of the molecule is Cc1n[nH]c(C)c1NC(N)=O. The summed E-state index contributed by atoms with van der Waals surface area (Å²) in [6.45, 7) is 3.60. The molecule has 0 bridgehead atoms. The smallest absolute Gasteiger partial charge is 0.316 e. The van der Waals surface area contributed by atoms with E-state index in [0.717, 1.165) is 11.4 Å². The topological polar surface area (TPSA) is 83.8 Å². The highest BCUT2D eigenvalue weighted by molar-refractivity contribution is 5.89. The van der Waals surface area contributed by atoms with Crippen molar-refractivity contribution in [2.24, 2.45) is 5.73 Å². The predicted molar refractivity (Wildman–Crippen MR) is 41.3 cm³/mol. The number of carbonyl (C=O) groups is 1. The van der Waals surface area contributed by atoms with Crippen molar-refractivity contribution >= 4 is 11.7 Å². The lowest BCUT2D eigenvalue weighted by atomic mass is 10.3. The van der Waals surface area contributed by atoms with Crippen LogP contribution in [0.4, 0.5) is 10.5 Å². The summed E-state index contributed by atoms with van der Waals surface area (Å²) in [6, 6.07) is -0.572. The van der Waals surface area contributed by atoms with Crippen molar-refractivity contribution in [3.8, 4) is 0 Å². The Balaban J connectivity index is 2.92. The third kappa shape index (κ3) is 1.49. The highest BCUT2D eigenvalue weighted by atomic mass is 16.2. The molecule has 0 aliphatic rings. The molecule has 1 aromatic heterocycles. The number of anilines is 1. The highest BCUT2D eigenvalue weighted by Gasteiger charge is 2.06. The molecule has 1 rings (SSSR count). The Morgan fingerprint density at radius 2 is 2.27 bits per heavy atom. The van der Waals surface area contributed by atoms with Crippen LogP contribution in [0.2, 0.25) is 0 Å². The zero-order valence-electron chi connectivity index (χ0n) is 6.43. The molecule has 11 heavy (non-hydrogen) atoms. The molecule has 0 saturated heterocycles. The molecule has 5 nitrogen and oxygen atoms in total. The van der Waals surface area contributed by atoms with Crippen molar-refractivity contribution in [3.63, 3.8) is 0 Å². The molecule has 0 radical (unpaired) electrons. The van der Waals surface area contributed by atoms with Crippen LogP contribution in [0.15, 0.2) is 0 Å². The van der Waals surface area contributed by atoms with Crippen LogP contribution in [-0.2, 0) is 0 Å². The van der Waals surface area contributed by atoms with E-state index in [4.69, 9.17) is 5.73 Å². The van der Waals surface area contributed by atoms with Gasteiger partial charge in [0.05, 0.1) is 17.1 Å². The minimum absolute atomic E-state index is 0.572. The number of nitrogens with one attached hydrogen (secondary N) is 2. The first-order valence-corrected chi connectivity index (χ1v) is 3.19. The van der Waals surface area contributed by atoms with Crippen LogP contribution in [0.3, 0.4) is 0 Å². The van der Waals surface area contributed by atoms with Gasteiger partial charge in [-0.1, -0.05) is 0 Å². The summed E-state index contributed by atoms with van der Waals surface area (Å²) in [4.78, 5) is 10.4. The minimum atomic E-state index is -0.572. The van der Waals surface area contributed by atoms with Gasteiger partial charge in [-0.2, -0.15) is 5.10 Å². The van der Waals surface area contributed by atoms with E-state index < -0.39 is 6.03 Å². The molecular weight excluding hydrogens is 144 g/mol. The van der Waals surface area contributed by atoms with Gasteiger partial charge in [-0.05, 0) is 13.8 Å². The first-order chi connectivity index (χ1) is 5.11. The van der Waals surface area contributed by atoms with E-state index >= 15 is 0 Å². The standard InChI is InChI=1S/C6H10N4O/c1-3-5(8-6(7)11)4(2)10-9-3/h1-2H3,(H,9,10)(H3,7,8,11). The zero-order valence-corrected chi connectivity index (χ0v) is 6.43. The summed E-state index contributed by atoms with van der Waals surface area (Å²) >= 11 is 0. The van der Waals surface area contributed by atoms with Gasteiger partial charge in [-0.3, -0.25) is 5.10 Å². The summed E-state index contributed by atoms with van der Waals surface area (Å²) in [6.07, 6.45) is 0. The van der Waals surface area contributed by atoms with Crippen molar-refractivity contribution in [3.05, 3.63) is 11.4 Å². The number of hydrogen-bond donors (Lipinski definition) is 3. The molecular formula is C6H10N4O. The number of amides is 2. The molecule has 1 aromatic rings. The second-order valence-corrected chi connectivity index (χ2v) is 2.30. The number of aryl methyl sites for hydroxylation is 2. The van der Waals surface area contributed by atoms with Crippen molar-refractivity contribution in [2.75, 3.05) is 5.32 Å². The molecule has 1 heterocycles. The van der Waals surface area contributed by atoms with Crippen molar-refractivity contribution in [1.29, 1.82) is 0 Å². The minimum Gasteiger partial charge on any atom is -0.351 e. The Labute approximate surface area is 64.0 Å². The maximum Gasteiger partial charge on any atom is 0.316 e. The predicted octanol–water partition coefficient (Wildman–Crippen LogP) is 0.517. The molecule has 0 saturated carbocycles. The molecule has 0 unspecified atom stereocenters. The Bertz CT molecular complexity index is 259. The van der Waals surface area contributed by atoms with Gasteiger partial charge in [0, 0.05) is 0 Å². The number of aromatic nitrogens is 2. The molecule has 0 aromatic carbocycles. The number of primary amides is 1. The van der Waals surface area contributed by atoms with E-state index in [1.165, 1.54) is 0 Å². The van der Waals surface area contributed by atoms with E-state index in [9.17, 15) is 4.79 Å². The van der Waals surface area contributed by atoms with Gasteiger partial charge in [0.1, 0.15) is 0 Å². The lowest BCUT2D eigenvalue weighted by Gasteiger charge is -1.98. The van der Waals surface area contributed by atoms with E-state index in [1.54, 1.807) is 6.92 Å². The normalized spacial score (nSPS) is 9.64. The number of rotatable bonds is 1. The van der Waals surface area contributed by atoms with Crippen LogP contribution in [0.25, 0.3) is 0 Å². The molecule has 4 N–H and O–H groups in total. The lowest BCUT2D eigenvalue weighted by Crippen LogP contribution is -2.19. The molecule has 60 valence electrons. The second kappa shape index (κ2) is 2.61. The molecule has 0 fully saturated rings. The monoisotopic (exact) mass is 154 g/mol. The average Bonchev–Trinajstić information content (AvgIpc) is 2.18. The van der Waals surface area contributed by atoms with Gasteiger partial charge < -0.3 is 11.1 Å². The van der Waals surface area contributed by atoms with E-state index in [-0.39, 0.29) is 0 Å². The van der Waals surface area contributed by atoms with E-state index in [0.29, 0.717) is 5.69 Å². The Morgan fingerprint density at radius 3 is 2.64 bits per heavy atom. The number of aromatic amines is 1. The van der Waals surface area contributed by atoms with Gasteiger partial charge in [0.25, 0.3) is 0 Å². The van der Waals surface area contributed by atoms with Gasteiger partial charge in [-0.25, -0.2) is 4.79 Å². The molecule has 0 spiro atoms. The van der Waals surface area contributed by atoms with Crippen molar-refractivity contribution in [1.82, 2.24) is 10.2 Å². The molecule has 0 aliphatic carbocycles. The quantitative estimate of drug-likeness (QED) is 0.550. The zero-order chi connectivity index (χ0) is 8.43. The Hall–Kier alpha value is -1.52. The summed E-state index contributed by atoms with van der Waals surface area (Å²) in [5.74, 6) is 0. The van der Waals surface area contributed by atoms with Gasteiger partial charge in [0.2, 0.25) is 0 Å². The van der Waals surface area contributed by atoms with Crippen molar-refractivity contribution < 1.29 is 4.79 Å². The number of hydrogen-bond acceptors (Lipinski definition) is 2. The number of H-pyrrole nitrogens is 1. The second-order valence-electron chi connectivity index (χ2n) is 2.30. The van der Waals surface area contributed by atoms with Crippen LogP contribution in [0, 0.1) is 13.8 Å². The van der Waals surface area contributed by atoms with Crippen LogP contribution in [-0.4, -0.2) is 16.2 Å². The Kier molecular flexibility index (Phi) is 1.80. The fourth-order valence-electron chi connectivity index (χ4n) is 0.858. The van der Waals surface area contributed by atoms with Crippen LogP contribution >= 0.6 is 0 Å².